The number of benzene rings is 1. The molecule has 0 bridgehead atoms. The molecule has 1 rings (SSSR count). The molecule has 16 heavy (non-hydrogen) atoms. The van der Waals surface area contributed by atoms with E-state index in [4.69, 9.17) is 10.8 Å². The molecule has 0 spiro atoms. The van der Waals surface area contributed by atoms with Gasteiger partial charge in [0.25, 0.3) is 0 Å². The van der Waals surface area contributed by atoms with Gasteiger partial charge in [0.05, 0.1) is 6.10 Å². The fourth-order valence-electron chi connectivity index (χ4n) is 1.67. The lowest BCUT2D eigenvalue weighted by atomic mass is 9.88. The maximum absolute atomic E-state index is 10.8. The summed E-state index contributed by atoms with van der Waals surface area (Å²) in [6, 6.07) is 8.38. The SMILES string of the molecule is CC(O)C(Cc1ccccc1)C(N)C(=O)O. The molecular weight excluding hydrogens is 206 g/mol. The Morgan fingerprint density at radius 1 is 1.38 bits per heavy atom. The first-order valence-corrected chi connectivity index (χ1v) is 5.22. The van der Waals surface area contributed by atoms with Crippen molar-refractivity contribution in [2.45, 2.75) is 25.5 Å². The molecule has 0 fully saturated rings. The average Bonchev–Trinajstić information content (AvgIpc) is 2.26. The zero-order valence-corrected chi connectivity index (χ0v) is 9.21. The number of nitrogens with two attached hydrogens (primary N) is 1. The van der Waals surface area contributed by atoms with Gasteiger partial charge < -0.3 is 15.9 Å². The summed E-state index contributed by atoms with van der Waals surface area (Å²) in [6.07, 6.45) is -0.280. The molecule has 0 aliphatic carbocycles. The number of carboxylic acids is 1. The Labute approximate surface area is 94.7 Å². The summed E-state index contributed by atoms with van der Waals surface area (Å²) in [5, 5.41) is 18.4. The highest BCUT2D eigenvalue weighted by molar-refractivity contribution is 5.73. The van der Waals surface area contributed by atoms with Crippen molar-refractivity contribution >= 4 is 5.97 Å². The van der Waals surface area contributed by atoms with Crippen LogP contribution in [0.25, 0.3) is 0 Å². The van der Waals surface area contributed by atoms with Gasteiger partial charge in [-0.05, 0) is 18.9 Å². The highest BCUT2D eigenvalue weighted by Gasteiger charge is 2.28. The minimum absolute atomic E-state index is 0.464. The summed E-state index contributed by atoms with van der Waals surface area (Å²) in [5.74, 6) is -1.55. The molecule has 4 heteroatoms. The first-order valence-electron chi connectivity index (χ1n) is 5.22. The second kappa shape index (κ2) is 5.63. The van der Waals surface area contributed by atoms with E-state index in [9.17, 15) is 9.90 Å². The Kier molecular flexibility index (Phi) is 4.46. The van der Waals surface area contributed by atoms with Gasteiger partial charge in [0.15, 0.2) is 0 Å². The lowest BCUT2D eigenvalue weighted by Gasteiger charge is -2.23. The van der Waals surface area contributed by atoms with E-state index < -0.39 is 24.0 Å². The molecule has 0 radical (unpaired) electrons. The average molecular weight is 223 g/mol. The third-order valence-corrected chi connectivity index (χ3v) is 2.68. The molecule has 1 aromatic rings. The largest absolute Gasteiger partial charge is 0.480 e. The van der Waals surface area contributed by atoms with Crippen molar-refractivity contribution in [2.75, 3.05) is 0 Å². The van der Waals surface area contributed by atoms with Crippen LogP contribution >= 0.6 is 0 Å². The predicted octanol–water partition coefficient (Wildman–Crippen LogP) is 0.638. The van der Waals surface area contributed by atoms with Gasteiger partial charge in [-0.15, -0.1) is 0 Å². The lowest BCUT2D eigenvalue weighted by Crippen LogP contribution is -2.44. The highest BCUT2D eigenvalue weighted by Crippen LogP contribution is 2.15. The second-order valence-electron chi connectivity index (χ2n) is 3.96. The van der Waals surface area contributed by atoms with Gasteiger partial charge in [-0.2, -0.15) is 0 Å². The summed E-state index contributed by atoms with van der Waals surface area (Å²) >= 11 is 0. The normalized spacial score (nSPS) is 16.4. The van der Waals surface area contributed by atoms with E-state index in [1.54, 1.807) is 6.92 Å². The van der Waals surface area contributed by atoms with Crippen LogP contribution < -0.4 is 5.73 Å². The fraction of sp³-hybridized carbons (Fsp3) is 0.417. The topological polar surface area (TPSA) is 83.5 Å². The quantitative estimate of drug-likeness (QED) is 0.684. The highest BCUT2D eigenvalue weighted by atomic mass is 16.4. The van der Waals surface area contributed by atoms with Crippen molar-refractivity contribution in [3.8, 4) is 0 Å². The van der Waals surface area contributed by atoms with Crippen LogP contribution in [0, 0.1) is 5.92 Å². The number of aliphatic carboxylic acids is 1. The van der Waals surface area contributed by atoms with Gasteiger partial charge in [0, 0.05) is 5.92 Å². The van der Waals surface area contributed by atoms with Gasteiger partial charge in [0.2, 0.25) is 0 Å². The van der Waals surface area contributed by atoms with Crippen molar-refractivity contribution in [1.29, 1.82) is 0 Å². The second-order valence-corrected chi connectivity index (χ2v) is 3.96. The van der Waals surface area contributed by atoms with Crippen LogP contribution in [0.4, 0.5) is 0 Å². The Balaban J connectivity index is 2.77. The van der Waals surface area contributed by atoms with Crippen LogP contribution in [0.3, 0.4) is 0 Å². The summed E-state index contributed by atoms with van der Waals surface area (Å²) < 4.78 is 0. The minimum atomic E-state index is -1.08. The van der Waals surface area contributed by atoms with Crippen molar-refractivity contribution in [3.63, 3.8) is 0 Å². The number of hydrogen-bond donors (Lipinski definition) is 3. The Morgan fingerprint density at radius 3 is 2.38 bits per heavy atom. The fourth-order valence-corrected chi connectivity index (χ4v) is 1.67. The molecule has 0 saturated carbocycles. The number of rotatable bonds is 5. The van der Waals surface area contributed by atoms with E-state index in [0.29, 0.717) is 6.42 Å². The smallest absolute Gasteiger partial charge is 0.320 e. The van der Waals surface area contributed by atoms with E-state index in [1.807, 2.05) is 30.3 Å². The Hall–Kier alpha value is -1.39. The van der Waals surface area contributed by atoms with Crippen LogP contribution in [0.5, 0.6) is 0 Å². The van der Waals surface area contributed by atoms with Crippen LogP contribution in [-0.2, 0) is 11.2 Å². The van der Waals surface area contributed by atoms with E-state index >= 15 is 0 Å². The van der Waals surface area contributed by atoms with Gasteiger partial charge in [-0.3, -0.25) is 4.79 Å². The summed E-state index contributed by atoms with van der Waals surface area (Å²) in [6.45, 7) is 1.57. The van der Waals surface area contributed by atoms with Crippen LogP contribution in [0.15, 0.2) is 30.3 Å². The van der Waals surface area contributed by atoms with Crippen molar-refractivity contribution in [3.05, 3.63) is 35.9 Å². The molecule has 0 aromatic heterocycles. The number of aliphatic hydroxyl groups excluding tert-OH is 1. The van der Waals surface area contributed by atoms with E-state index in [-0.39, 0.29) is 0 Å². The van der Waals surface area contributed by atoms with Crippen LogP contribution in [0.2, 0.25) is 0 Å². The van der Waals surface area contributed by atoms with E-state index in [2.05, 4.69) is 0 Å². The minimum Gasteiger partial charge on any atom is -0.480 e. The number of hydrogen-bond acceptors (Lipinski definition) is 3. The lowest BCUT2D eigenvalue weighted by molar-refractivity contribution is -0.141. The molecule has 4 N–H and O–H groups in total. The summed E-state index contributed by atoms with van der Waals surface area (Å²) in [4.78, 5) is 10.8. The first kappa shape index (κ1) is 12.7. The molecule has 88 valence electrons. The van der Waals surface area contributed by atoms with Crippen molar-refractivity contribution < 1.29 is 15.0 Å². The molecular formula is C12H17NO3. The molecule has 0 aliphatic rings. The monoisotopic (exact) mass is 223 g/mol. The van der Waals surface area contributed by atoms with Gasteiger partial charge in [-0.25, -0.2) is 0 Å². The third kappa shape index (κ3) is 3.32. The molecule has 0 saturated heterocycles. The first-order chi connectivity index (χ1) is 7.52. The molecule has 0 heterocycles. The van der Waals surface area contributed by atoms with Gasteiger partial charge >= 0.3 is 5.97 Å². The molecule has 0 amide bonds. The molecule has 1 aromatic carbocycles. The summed E-state index contributed by atoms with van der Waals surface area (Å²) in [5.41, 5.74) is 6.53. The molecule has 4 nitrogen and oxygen atoms in total. The maximum atomic E-state index is 10.8. The van der Waals surface area contributed by atoms with Crippen LogP contribution in [-0.4, -0.2) is 28.3 Å². The molecule has 3 unspecified atom stereocenters. The van der Waals surface area contributed by atoms with Crippen LogP contribution in [0.1, 0.15) is 12.5 Å². The van der Waals surface area contributed by atoms with Gasteiger partial charge in [-0.1, -0.05) is 30.3 Å². The summed E-state index contributed by atoms with van der Waals surface area (Å²) in [7, 11) is 0. The zero-order valence-electron chi connectivity index (χ0n) is 9.21. The molecule has 0 aliphatic heterocycles. The zero-order chi connectivity index (χ0) is 12.1. The standard InChI is InChI=1S/C12H17NO3/c1-8(14)10(11(13)12(15)16)7-9-5-3-2-4-6-9/h2-6,8,10-11,14H,7,13H2,1H3,(H,15,16). The number of carbonyl (C=O) groups is 1. The predicted molar refractivity (Wildman–Crippen MR) is 60.9 cm³/mol. The van der Waals surface area contributed by atoms with E-state index in [1.165, 1.54) is 0 Å². The number of aliphatic hydroxyl groups is 1. The molecule has 3 atom stereocenters. The maximum Gasteiger partial charge on any atom is 0.320 e. The number of carboxylic acid groups (broad SMARTS) is 1. The third-order valence-electron chi connectivity index (χ3n) is 2.68. The van der Waals surface area contributed by atoms with Crippen molar-refractivity contribution in [1.82, 2.24) is 0 Å². The Bertz CT molecular complexity index is 337. The van der Waals surface area contributed by atoms with Crippen molar-refractivity contribution in [2.24, 2.45) is 11.7 Å². The Morgan fingerprint density at radius 2 is 1.94 bits per heavy atom. The van der Waals surface area contributed by atoms with Gasteiger partial charge in [0.1, 0.15) is 6.04 Å². The van der Waals surface area contributed by atoms with E-state index in [0.717, 1.165) is 5.56 Å².